The summed E-state index contributed by atoms with van der Waals surface area (Å²) < 4.78 is 33.7. The molecule has 2 N–H and O–H groups in total. The fourth-order valence-corrected chi connectivity index (χ4v) is 7.93. The van der Waals surface area contributed by atoms with Crippen LogP contribution in [-0.2, 0) is 32.4 Å². The summed E-state index contributed by atoms with van der Waals surface area (Å²) in [6, 6.07) is 13.4. The number of aromatic nitrogens is 2. The van der Waals surface area contributed by atoms with Gasteiger partial charge < -0.3 is 15.2 Å². The number of nitrogens with zero attached hydrogens (tertiary/aromatic N) is 5. The number of rotatable bonds is 8. The average molecular weight is 629 g/mol. The smallest absolute Gasteiger partial charge is 0.256 e. The van der Waals surface area contributed by atoms with Gasteiger partial charge in [0.05, 0.1) is 44.0 Å². The second kappa shape index (κ2) is 13.0. The standard InChI is InChI=1S/C30H37ClN6O5S/c1-41-37(24-11-7-21-6-9-23(10-8-22(21)18-24)35-14-16-42-17-15-35)30-32-19-26(31)29(34-30)33-27-4-2-3-5-28(27)43(39,40)36-13-12-25(38)20-36/h2-5,7,11,18-19,23,25,38H,6,8-10,12-17,20H2,1H3,(H,32,33,34). The van der Waals surface area contributed by atoms with Gasteiger partial charge in [-0.25, -0.2) is 13.4 Å². The number of benzene rings is 2. The third-order valence-corrected chi connectivity index (χ3v) is 10.7. The van der Waals surface area contributed by atoms with Gasteiger partial charge >= 0.3 is 0 Å². The van der Waals surface area contributed by atoms with Crippen LogP contribution in [0.1, 0.15) is 30.4 Å². The van der Waals surface area contributed by atoms with Gasteiger partial charge in [-0.3, -0.25) is 9.74 Å². The molecule has 2 fully saturated rings. The zero-order valence-corrected chi connectivity index (χ0v) is 25.7. The van der Waals surface area contributed by atoms with Gasteiger partial charge in [-0.15, -0.1) is 0 Å². The van der Waals surface area contributed by atoms with Crippen molar-refractivity contribution >= 4 is 44.8 Å². The molecule has 6 rings (SSSR count). The van der Waals surface area contributed by atoms with Crippen molar-refractivity contribution in [1.82, 2.24) is 19.2 Å². The molecule has 2 aliphatic heterocycles. The number of para-hydroxylation sites is 1. The molecular weight excluding hydrogens is 592 g/mol. The number of aryl methyl sites for hydroxylation is 2. The number of hydrogen-bond donors (Lipinski definition) is 2. The lowest BCUT2D eigenvalue weighted by molar-refractivity contribution is 0.0136. The number of hydrogen-bond acceptors (Lipinski definition) is 10. The molecule has 0 saturated carbocycles. The van der Waals surface area contributed by atoms with Crippen molar-refractivity contribution in [3.05, 3.63) is 64.8 Å². The van der Waals surface area contributed by atoms with Gasteiger partial charge in [0.25, 0.3) is 5.95 Å². The van der Waals surface area contributed by atoms with Crippen LogP contribution in [0, 0.1) is 0 Å². The minimum Gasteiger partial charge on any atom is -0.392 e. The molecule has 3 heterocycles. The largest absolute Gasteiger partial charge is 0.392 e. The molecule has 2 aromatic carbocycles. The van der Waals surface area contributed by atoms with E-state index >= 15 is 0 Å². The van der Waals surface area contributed by atoms with Crippen LogP contribution < -0.4 is 10.4 Å². The molecule has 0 spiro atoms. The summed E-state index contributed by atoms with van der Waals surface area (Å²) >= 11 is 6.49. The molecule has 3 aliphatic rings. The Morgan fingerprint density at radius 3 is 2.58 bits per heavy atom. The summed E-state index contributed by atoms with van der Waals surface area (Å²) in [5.41, 5.74) is 3.74. The maximum absolute atomic E-state index is 13.4. The molecular formula is C30H37ClN6O5S. The number of nitrogens with one attached hydrogen (secondary N) is 1. The van der Waals surface area contributed by atoms with E-state index in [0.29, 0.717) is 18.2 Å². The van der Waals surface area contributed by atoms with E-state index in [4.69, 9.17) is 21.2 Å². The van der Waals surface area contributed by atoms with E-state index in [1.54, 1.807) is 30.4 Å². The van der Waals surface area contributed by atoms with Gasteiger partial charge in [0.2, 0.25) is 10.0 Å². The SMILES string of the molecule is CON(c1ccc2c(c1)CCC(N1CCOCC1)CC2)c1ncc(Cl)c(Nc2ccccc2S(=O)(=O)N2CCC(O)C2)n1. The maximum atomic E-state index is 13.4. The van der Waals surface area contributed by atoms with Gasteiger partial charge in [-0.2, -0.15) is 14.4 Å². The third kappa shape index (κ3) is 6.51. The highest BCUT2D eigenvalue weighted by molar-refractivity contribution is 7.89. The van der Waals surface area contributed by atoms with Crippen molar-refractivity contribution in [1.29, 1.82) is 0 Å². The van der Waals surface area contributed by atoms with Crippen LogP contribution in [0.3, 0.4) is 0 Å². The van der Waals surface area contributed by atoms with Crippen molar-refractivity contribution in [3.63, 3.8) is 0 Å². The summed E-state index contributed by atoms with van der Waals surface area (Å²) in [5, 5.41) is 14.8. The number of fused-ring (bicyclic) bond motifs is 1. The Morgan fingerprint density at radius 1 is 1.07 bits per heavy atom. The summed E-state index contributed by atoms with van der Waals surface area (Å²) in [6.45, 7) is 3.91. The van der Waals surface area contributed by atoms with Crippen LogP contribution >= 0.6 is 11.6 Å². The number of anilines is 4. The Balaban J connectivity index is 1.23. The highest BCUT2D eigenvalue weighted by Crippen LogP contribution is 2.34. The lowest BCUT2D eigenvalue weighted by atomic mass is 10.0. The van der Waals surface area contributed by atoms with Crippen LogP contribution in [-0.4, -0.2) is 91.3 Å². The molecule has 1 aliphatic carbocycles. The number of aliphatic hydroxyl groups is 1. The molecule has 1 aromatic heterocycles. The predicted octanol–water partition coefficient (Wildman–Crippen LogP) is 3.91. The minimum atomic E-state index is -3.85. The van der Waals surface area contributed by atoms with E-state index in [0.717, 1.165) is 57.7 Å². The molecule has 0 bridgehead atoms. The number of halogens is 1. The molecule has 11 nitrogen and oxygen atoms in total. The zero-order chi connectivity index (χ0) is 30.0. The molecule has 2 unspecified atom stereocenters. The van der Waals surface area contributed by atoms with Crippen molar-refractivity contribution in [3.8, 4) is 0 Å². The number of morpholine rings is 1. The summed E-state index contributed by atoms with van der Waals surface area (Å²) in [4.78, 5) is 17.4. The number of β-amino-alcohol motifs (C(OH)–C–C–N with tert-alkyl or cyclic N) is 1. The van der Waals surface area contributed by atoms with Gasteiger partial charge in [0, 0.05) is 32.2 Å². The van der Waals surface area contributed by atoms with E-state index in [1.165, 1.54) is 27.7 Å². The third-order valence-electron chi connectivity index (χ3n) is 8.46. The van der Waals surface area contributed by atoms with Gasteiger partial charge in [0.1, 0.15) is 9.92 Å². The van der Waals surface area contributed by atoms with E-state index in [-0.39, 0.29) is 34.8 Å². The lowest BCUT2D eigenvalue weighted by Crippen LogP contribution is -2.43. The summed E-state index contributed by atoms with van der Waals surface area (Å²) in [7, 11) is -2.30. The van der Waals surface area contributed by atoms with Crippen LogP contribution in [0.25, 0.3) is 0 Å². The molecule has 0 amide bonds. The van der Waals surface area contributed by atoms with Crippen LogP contribution in [0.4, 0.5) is 23.1 Å². The Bertz CT molecular complexity index is 1550. The monoisotopic (exact) mass is 628 g/mol. The van der Waals surface area contributed by atoms with E-state index in [1.807, 2.05) is 6.07 Å². The normalized spacial score (nSPS) is 21.7. The maximum Gasteiger partial charge on any atom is 0.256 e. The highest BCUT2D eigenvalue weighted by Gasteiger charge is 2.33. The first-order valence-corrected chi connectivity index (χ1v) is 16.5. The average Bonchev–Trinajstić information content (AvgIpc) is 3.36. The minimum absolute atomic E-state index is 0.0620. The Labute approximate surface area is 257 Å². The number of sulfonamides is 1. The molecule has 43 heavy (non-hydrogen) atoms. The zero-order valence-electron chi connectivity index (χ0n) is 24.2. The second-order valence-electron chi connectivity index (χ2n) is 11.1. The first-order valence-electron chi connectivity index (χ1n) is 14.7. The van der Waals surface area contributed by atoms with E-state index in [2.05, 4.69) is 32.3 Å². The molecule has 13 heteroatoms. The van der Waals surface area contributed by atoms with Gasteiger partial charge in [0.15, 0.2) is 5.82 Å². The van der Waals surface area contributed by atoms with Crippen molar-refractivity contribution in [2.24, 2.45) is 0 Å². The quantitative estimate of drug-likeness (QED) is 0.281. The van der Waals surface area contributed by atoms with Crippen molar-refractivity contribution < 1.29 is 23.1 Å². The number of ether oxygens (including phenoxy) is 1. The first kappa shape index (κ1) is 30.2. The van der Waals surface area contributed by atoms with Gasteiger partial charge in [-0.05, 0) is 67.5 Å². The summed E-state index contributed by atoms with van der Waals surface area (Å²) in [6.07, 6.45) is 5.40. The molecule has 2 atom stereocenters. The first-order chi connectivity index (χ1) is 20.8. The molecule has 3 aromatic rings. The van der Waals surface area contributed by atoms with Crippen LogP contribution in [0.15, 0.2) is 53.6 Å². The van der Waals surface area contributed by atoms with Gasteiger partial charge in [-0.1, -0.05) is 29.8 Å². The van der Waals surface area contributed by atoms with E-state index in [9.17, 15) is 13.5 Å². The van der Waals surface area contributed by atoms with Crippen LogP contribution in [0.2, 0.25) is 5.02 Å². The Hall–Kier alpha value is -2.84. The van der Waals surface area contributed by atoms with Crippen molar-refractivity contribution in [2.75, 3.05) is 56.9 Å². The molecule has 0 radical (unpaired) electrons. The fraction of sp³-hybridized carbons (Fsp3) is 0.467. The second-order valence-corrected chi connectivity index (χ2v) is 13.4. The lowest BCUT2D eigenvalue weighted by Gasteiger charge is -2.33. The molecule has 230 valence electrons. The highest BCUT2D eigenvalue weighted by atomic mass is 35.5. The van der Waals surface area contributed by atoms with Crippen molar-refractivity contribution in [2.45, 2.75) is 49.1 Å². The summed E-state index contributed by atoms with van der Waals surface area (Å²) in [5.74, 6) is 0.484. The fourth-order valence-electron chi connectivity index (χ4n) is 6.15. The van der Waals surface area contributed by atoms with E-state index < -0.39 is 16.1 Å². The topological polar surface area (TPSA) is 120 Å². The molecule has 2 saturated heterocycles. The predicted molar refractivity (Wildman–Crippen MR) is 165 cm³/mol. The Morgan fingerprint density at radius 2 is 1.84 bits per heavy atom. The Kier molecular flexibility index (Phi) is 9.15. The number of aliphatic hydroxyl groups excluding tert-OH is 1. The van der Waals surface area contributed by atoms with Crippen LogP contribution in [0.5, 0.6) is 0 Å².